The summed E-state index contributed by atoms with van der Waals surface area (Å²) in [6.45, 7) is 6.85. The van der Waals surface area contributed by atoms with Gasteiger partial charge in [-0.15, -0.1) is 0 Å². The predicted molar refractivity (Wildman–Crippen MR) is 121 cm³/mol. The molecule has 2 aromatic carbocycles. The molecule has 1 nitrogen and oxygen atoms in total. The maximum absolute atomic E-state index is 2.46. The van der Waals surface area contributed by atoms with E-state index in [1.165, 1.54) is 82.3 Å². The van der Waals surface area contributed by atoms with E-state index in [1.807, 2.05) is 0 Å². The summed E-state index contributed by atoms with van der Waals surface area (Å²) in [5, 5.41) is 0. The highest BCUT2D eigenvalue weighted by Gasteiger charge is 2.28. The molecule has 0 unspecified atom stereocenters. The van der Waals surface area contributed by atoms with Crippen LogP contribution >= 0.6 is 0 Å². The molecule has 1 aromatic heterocycles. The first-order valence-electron chi connectivity index (χ1n) is 11.3. The molecule has 1 heterocycles. The Morgan fingerprint density at radius 1 is 0.793 bits per heavy atom. The fourth-order valence-electron chi connectivity index (χ4n) is 5.78. The topological polar surface area (TPSA) is 3.88 Å². The van der Waals surface area contributed by atoms with Gasteiger partial charge in [0.1, 0.15) is 7.05 Å². The van der Waals surface area contributed by atoms with Gasteiger partial charge in [-0.2, -0.15) is 0 Å². The third-order valence-electron chi connectivity index (χ3n) is 7.40. The number of rotatable bonds is 2. The molecule has 0 bridgehead atoms. The zero-order chi connectivity index (χ0) is 20.1. The average molecular weight is 383 g/mol. The van der Waals surface area contributed by atoms with Gasteiger partial charge in [0.15, 0.2) is 6.20 Å². The van der Waals surface area contributed by atoms with Crippen LogP contribution in [0.2, 0.25) is 0 Å². The van der Waals surface area contributed by atoms with Crippen LogP contribution in [0.15, 0.2) is 42.6 Å². The Bertz CT molecular complexity index is 1100. The normalized spacial score (nSPS) is 16.0. The molecule has 0 radical (unpaired) electrons. The van der Waals surface area contributed by atoms with Crippen molar-refractivity contribution in [3.8, 4) is 22.4 Å². The van der Waals surface area contributed by atoms with E-state index < -0.39 is 0 Å². The molecule has 1 saturated carbocycles. The van der Waals surface area contributed by atoms with Crippen molar-refractivity contribution in [3.05, 3.63) is 76.0 Å². The molecule has 0 saturated heterocycles. The molecule has 0 N–H and O–H groups in total. The van der Waals surface area contributed by atoms with Crippen LogP contribution in [0, 0.1) is 20.8 Å². The number of aromatic nitrogens is 1. The lowest BCUT2D eigenvalue weighted by Crippen LogP contribution is -2.33. The summed E-state index contributed by atoms with van der Waals surface area (Å²) in [6.07, 6.45) is 10.4. The van der Waals surface area contributed by atoms with E-state index in [0.717, 1.165) is 12.3 Å². The number of fused-ring (bicyclic) bond motifs is 3. The predicted octanol–water partition coefficient (Wildman–Crippen LogP) is 6.72. The van der Waals surface area contributed by atoms with Gasteiger partial charge in [0, 0.05) is 11.6 Å². The number of hydrogen-bond donors (Lipinski definition) is 0. The van der Waals surface area contributed by atoms with Crippen LogP contribution in [0.1, 0.15) is 71.4 Å². The van der Waals surface area contributed by atoms with Crippen LogP contribution in [0.25, 0.3) is 22.4 Å². The second-order valence-electron chi connectivity index (χ2n) is 9.30. The fourth-order valence-corrected chi connectivity index (χ4v) is 5.78. The Kier molecular flexibility index (Phi) is 4.57. The largest absolute Gasteiger partial charge is 0.213 e. The Labute approximate surface area is 175 Å². The van der Waals surface area contributed by atoms with Crippen LogP contribution in [-0.2, 0) is 13.5 Å². The van der Waals surface area contributed by atoms with Gasteiger partial charge in [0.2, 0.25) is 5.69 Å². The minimum absolute atomic E-state index is 0.749. The first kappa shape index (κ1) is 18.6. The summed E-state index contributed by atoms with van der Waals surface area (Å²) in [6, 6.07) is 13.9. The van der Waals surface area contributed by atoms with Crippen molar-refractivity contribution < 1.29 is 4.57 Å². The Morgan fingerprint density at radius 3 is 2.34 bits per heavy atom. The Morgan fingerprint density at radius 2 is 1.55 bits per heavy atom. The number of benzene rings is 2. The molecule has 3 aromatic rings. The molecule has 0 atom stereocenters. The molecule has 0 aliphatic heterocycles. The number of nitrogens with zero attached hydrogens (tertiary/aromatic N) is 1. The monoisotopic (exact) mass is 382 g/mol. The number of hydrogen-bond acceptors (Lipinski definition) is 0. The number of aryl methyl sites for hydroxylation is 4. The van der Waals surface area contributed by atoms with Gasteiger partial charge in [-0.3, -0.25) is 0 Å². The fraction of sp³-hybridized carbons (Fsp3) is 0.393. The molecule has 2 aliphatic rings. The minimum atomic E-state index is 0.749. The van der Waals surface area contributed by atoms with Crippen molar-refractivity contribution in [1.82, 2.24) is 0 Å². The third-order valence-corrected chi connectivity index (χ3v) is 7.40. The molecular weight excluding hydrogens is 350 g/mol. The van der Waals surface area contributed by atoms with E-state index in [2.05, 4.69) is 75.0 Å². The molecule has 2 aliphatic carbocycles. The van der Waals surface area contributed by atoms with Crippen LogP contribution in [0.5, 0.6) is 0 Å². The van der Waals surface area contributed by atoms with E-state index in [9.17, 15) is 0 Å². The van der Waals surface area contributed by atoms with Crippen molar-refractivity contribution in [2.45, 2.75) is 65.2 Å². The highest BCUT2D eigenvalue weighted by Crippen LogP contribution is 2.44. The van der Waals surface area contributed by atoms with Gasteiger partial charge in [-0.05, 0) is 84.9 Å². The lowest BCUT2D eigenvalue weighted by molar-refractivity contribution is -0.661. The van der Waals surface area contributed by atoms with E-state index in [0.29, 0.717) is 0 Å². The van der Waals surface area contributed by atoms with Crippen LogP contribution in [-0.4, -0.2) is 0 Å². The molecular formula is C28H32N+. The van der Waals surface area contributed by atoms with E-state index in [-0.39, 0.29) is 0 Å². The maximum atomic E-state index is 2.46. The molecule has 5 rings (SSSR count). The summed E-state index contributed by atoms with van der Waals surface area (Å²) >= 11 is 0. The average Bonchev–Trinajstić information content (AvgIpc) is 3.10. The smallest absolute Gasteiger partial charge is 0.201 e. The van der Waals surface area contributed by atoms with Crippen LogP contribution in [0.3, 0.4) is 0 Å². The summed E-state index contributed by atoms with van der Waals surface area (Å²) in [5.74, 6) is 0.749. The second kappa shape index (κ2) is 7.13. The van der Waals surface area contributed by atoms with Gasteiger partial charge in [0.05, 0.1) is 5.56 Å². The SMILES string of the molecule is Cc1cc(-c2c(C)ccc3c2Cc2c(C)cccc2-3)[n+](C)cc1C1CCCCC1. The molecule has 1 fully saturated rings. The molecule has 148 valence electrons. The van der Waals surface area contributed by atoms with Gasteiger partial charge in [0.25, 0.3) is 0 Å². The first-order valence-corrected chi connectivity index (χ1v) is 11.3. The zero-order valence-electron chi connectivity index (χ0n) is 18.3. The van der Waals surface area contributed by atoms with Gasteiger partial charge < -0.3 is 0 Å². The molecule has 0 spiro atoms. The quantitative estimate of drug-likeness (QED) is 0.339. The lowest BCUT2D eigenvalue weighted by atomic mass is 9.82. The highest BCUT2D eigenvalue weighted by atomic mass is 14.9. The van der Waals surface area contributed by atoms with Crippen LogP contribution < -0.4 is 4.57 Å². The Balaban J connectivity index is 1.64. The summed E-state index contributed by atoms with van der Waals surface area (Å²) in [4.78, 5) is 0. The van der Waals surface area contributed by atoms with E-state index in [4.69, 9.17) is 0 Å². The van der Waals surface area contributed by atoms with Gasteiger partial charge >= 0.3 is 0 Å². The second-order valence-corrected chi connectivity index (χ2v) is 9.30. The molecule has 0 amide bonds. The van der Waals surface area contributed by atoms with Crippen molar-refractivity contribution >= 4 is 0 Å². The lowest BCUT2D eigenvalue weighted by Gasteiger charge is -2.23. The van der Waals surface area contributed by atoms with Gasteiger partial charge in [-0.1, -0.05) is 49.6 Å². The van der Waals surface area contributed by atoms with Gasteiger partial charge in [-0.25, -0.2) is 4.57 Å². The first-order chi connectivity index (χ1) is 14.0. The van der Waals surface area contributed by atoms with Crippen molar-refractivity contribution in [3.63, 3.8) is 0 Å². The summed E-state index contributed by atoms with van der Waals surface area (Å²) < 4.78 is 2.40. The molecule has 29 heavy (non-hydrogen) atoms. The summed E-state index contributed by atoms with van der Waals surface area (Å²) in [5.41, 5.74) is 14.5. The van der Waals surface area contributed by atoms with Crippen molar-refractivity contribution in [2.75, 3.05) is 0 Å². The van der Waals surface area contributed by atoms with Crippen molar-refractivity contribution in [1.29, 1.82) is 0 Å². The van der Waals surface area contributed by atoms with Crippen LogP contribution in [0.4, 0.5) is 0 Å². The maximum Gasteiger partial charge on any atom is 0.213 e. The molecule has 1 heteroatoms. The van der Waals surface area contributed by atoms with E-state index in [1.54, 1.807) is 5.56 Å². The zero-order valence-corrected chi connectivity index (χ0v) is 18.3. The van der Waals surface area contributed by atoms with E-state index >= 15 is 0 Å². The summed E-state index contributed by atoms with van der Waals surface area (Å²) in [7, 11) is 2.24. The highest BCUT2D eigenvalue weighted by molar-refractivity contribution is 5.85. The number of pyridine rings is 1. The van der Waals surface area contributed by atoms with Crippen molar-refractivity contribution in [2.24, 2.45) is 7.05 Å². The minimum Gasteiger partial charge on any atom is -0.201 e. The third kappa shape index (κ3) is 3.03. The Hall–Kier alpha value is -2.41. The standard InChI is InChI=1S/C28H32N/c1-18-9-8-12-22-23-14-13-19(2)28(25(23)16-24(18)22)27-15-20(3)26(17-29(27)4)21-10-6-5-7-11-21/h8-9,12-15,17,21H,5-7,10-11,16H2,1-4H3/q+1.